The van der Waals surface area contributed by atoms with Crippen LogP contribution >= 0.6 is 0 Å². The second kappa shape index (κ2) is 7.55. The van der Waals surface area contributed by atoms with Gasteiger partial charge >= 0.3 is 0 Å². The predicted molar refractivity (Wildman–Crippen MR) is 73.0 cm³/mol. The van der Waals surface area contributed by atoms with Crippen LogP contribution in [0.3, 0.4) is 0 Å². The van der Waals surface area contributed by atoms with Crippen molar-refractivity contribution in [2.45, 2.75) is 13.3 Å². The predicted octanol–water partition coefficient (Wildman–Crippen LogP) is 1.20. The Morgan fingerprint density at radius 2 is 2.19 bits per heavy atom. The van der Waals surface area contributed by atoms with Gasteiger partial charge in [0, 0.05) is 13.2 Å². The van der Waals surface area contributed by atoms with Crippen molar-refractivity contribution in [1.29, 1.82) is 0 Å². The standard InChI is InChI=1S/C13H17FN4O3/c1-19-4-5-20-9-18-7-11(16-17-18)8-21-13-3-2-10(14)6-12(13)15/h2-3,6-7H,4-5,8-9,15H2,1H3. The molecule has 2 aromatic rings. The Balaban J connectivity index is 1.82. The molecule has 0 spiro atoms. The van der Waals surface area contributed by atoms with Crippen molar-refractivity contribution in [3.05, 3.63) is 35.9 Å². The maximum absolute atomic E-state index is 12.9. The van der Waals surface area contributed by atoms with Crippen molar-refractivity contribution in [2.75, 3.05) is 26.1 Å². The minimum absolute atomic E-state index is 0.188. The van der Waals surface area contributed by atoms with Crippen LogP contribution < -0.4 is 10.5 Å². The van der Waals surface area contributed by atoms with E-state index in [4.69, 9.17) is 19.9 Å². The highest BCUT2D eigenvalue weighted by atomic mass is 19.1. The van der Waals surface area contributed by atoms with E-state index in [1.54, 1.807) is 18.0 Å². The van der Waals surface area contributed by atoms with Gasteiger partial charge in [-0.25, -0.2) is 9.07 Å². The van der Waals surface area contributed by atoms with E-state index in [1.165, 1.54) is 18.2 Å². The molecule has 2 rings (SSSR count). The summed E-state index contributed by atoms with van der Waals surface area (Å²) < 4.78 is 30.1. The number of anilines is 1. The van der Waals surface area contributed by atoms with Crippen LogP contribution in [-0.2, 0) is 22.8 Å². The smallest absolute Gasteiger partial charge is 0.142 e. The Labute approximate surface area is 121 Å². The molecule has 1 aromatic carbocycles. The van der Waals surface area contributed by atoms with E-state index >= 15 is 0 Å². The zero-order chi connectivity index (χ0) is 15.1. The molecule has 0 fully saturated rings. The van der Waals surface area contributed by atoms with Crippen LogP contribution in [0.25, 0.3) is 0 Å². The molecule has 0 saturated carbocycles. The molecule has 7 nitrogen and oxygen atoms in total. The largest absolute Gasteiger partial charge is 0.485 e. The van der Waals surface area contributed by atoms with Gasteiger partial charge in [-0.1, -0.05) is 5.21 Å². The molecular formula is C13H17FN4O3. The van der Waals surface area contributed by atoms with Gasteiger partial charge in [0.1, 0.15) is 30.6 Å². The van der Waals surface area contributed by atoms with Crippen molar-refractivity contribution in [3.63, 3.8) is 0 Å². The molecule has 114 valence electrons. The Bertz CT molecular complexity index is 576. The van der Waals surface area contributed by atoms with Crippen molar-refractivity contribution in [2.24, 2.45) is 0 Å². The zero-order valence-corrected chi connectivity index (χ0v) is 11.7. The van der Waals surface area contributed by atoms with Gasteiger partial charge in [0.05, 0.1) is 25.1 Å². The Morgan fingerprint density at radius 1 is 1.33 bits per heavy atom. The summed E-state index contributed by atoms with van der Waals surface area (Å²) in [6.45, 7) is 1.48. The van der Waals surface area contributed by atoms with Gasteiger partial charge in [-0.05, 0) is 12.1 Å². The third kappa shape index (κ3) is 4.69. The summed E-state index contributed by atoms with van der Waals surface area (Å²) in [5.74, 6) is 0.00120. The Kier molecular flexibility index (Phi) is 5.47. The summed E-state index contributed by atoms with van der Waals surface area (Å²) in [5.41, 5.74) is 6.51. The number of benzene rings is 1. The number of nitrogens with two attached hydrogens (primary N) is 1. The number of hydrogen-bond donors (Lipinski definition) is 1. The molecule has 0 saturated heterocycles. The Hall–Kier alpha value is -2.19. The van der Waals surface area contributed by atoms with E-state index in [1.807, 2.05) is 0 Å². The maximum Gasteiger partial charge on any atom is 0.142 e. The number of nitrogen functional groups attached to an aromatic ring is 1. The third-order valence-corrected chi connectivity index (χ3v) is 2.59. The molecule has 0 aliphatic carbocycles. The lowest BCUT2D eigenvalue weighted by molar-refractivity contribution is 0.0280. The average molecular weight is 296 g/mol. The summed E-state index contributed by atoms with van der Waals surface area (Å²) in [4.78, 5) is 0. The van der Waals surface area contributed by atoms with E-state index in [0.717, 1.165) is 0 Å². The molecule has 0 bridgehead atoms. The van der Waals surface area contributed by atoms with E-state index in [9.17, 15) is 4.39 Å². The molecule has 1 aromatic heterocycles. The lowest BCUT2D eigenvalue weighted by Gasteiger charge is -2.06. The van der Waals surface area contributed by atoms with E-state index in [2.05, 4.69) is 10.3 Å². The number of rotatable bonds is 8. The topological polar surface area (TPSA) is 84.4 Å². The lowest BCUT2D eigenvalue weighted by atomic mass is 10.3. The zero-order valence-electron chi connectivity index (χ0n) is 11.7. The molecule has 0 aliphatic heterocycles. The van der Waals surface area contributed by atoms with Gasteiger partial charge in [0.25, 0.3) is 0 Å². The molecule has 0 atom stereocenters. The van der Waals surface area contributed by atoms with Gasteiger partial charge in [-0.15, -0.1) is 5.10 Å². The van der Waals surface area contributed by atoms with Crippen LogP contribution in [0, 0.1) is 5.82 Å². The second-order valence-corrected chi connectivity index (χ2v) is 4.25. The van der Waals surface area contributed by atoms with Gasteiger partial charge in [0.2, 0.25) is 0 Å². The first kappa shape index (κ1) is 15.2. The normalized spacial score (nSPS) is 10.8. The average Bonchev–Trinajstić information content (AvgIpc) is 2.91. The van der Waals surface area contributed by atoms with Crippen molar-refractivity contribution in [1.82, 2.24) is 15.0 Å². The number of halogens is 1. The monoisotopic (exact) mass is 296 g/mol. The molecule has 2 N–H and O–H groups in total. The van der Waals surface area contributed by atoms with Gasteiger partial charge in [-0.2, -0.15) is 0 Å². The van der Waals surface area contributed by atoms with E-state index in [-0.39, 0.29) is 19.0 Å². The fraction of sp³-hybridized carbons (Fsp3) is 0.385. The molecule has 0 aliphatic rings. The summed E-state index contributed by atoms with van der Waals surface area (Å²) in [5, 5.41) is 7.83. The quantitative estimate of drug-likeness (QED) is 0.582. The summed E-state index contributed by atoms with van der Waals surface area (Å²) in [6.07, 6.45) is 1.70. The SMILES string of the molecule is COCCOCn1cc(COc2ccc(F)cc2N)nn1. The number of aromatic nitrogens is 3. The first-order chi connectivity index (χ1) is 10.2. The molecule has 1 heterocycles. The van der Waals surface area contributed by atoms with Gasteiger partial charge in [-0.3, -0.25) is 0 Å². The molecule has 21 heavy (non-hydrogen) atoms. The second-order valence-electron chi connectivity index (χ2n) is 4.25. The lowest BCUT2D eigenvalue weighted by Crippen LogP contribution is -2.07. The molecule has 0 radical (unpaired) electrons. The third-order valence-electron chi connectivity index (χ3n) is 2.59. The molecule has 8 heteroatoms. The number of hydrogen-bond acceptors (Lipinski definition) is 6. The van der Waals surface area contributed by atoms with Crippen molar-refractivity contribution >= 4 is 5.69 Å². The number of ether oxygens (including phenoxy) is 3. The molecule has 0 amide bonds. The Morgan fingerprint density at radius 3 is 2.95 bits per heavy atom. The fourth-order valence-electron chi connectivity index (χ4n) is 1.57. The van der Waals surface area contributed by atoms with E-state index < -0.39 is 5.82 Å². The minimum Gasteiger partial charge on any atom is -0.485 e. The highest BCUT2D eigenvalue weighted by molar-refractivity contribution is 5.52. The van der Waals surface area contributed by atoms with Crippen LogP contribution in [0.4, 0.5) is 10.1 Å². The summed E-state index contributed by atoms with van der Waals surface area (Å²) in [7, 11) is 1.61. The maximum atomic E-state index is 12.9. The van der Waals surface area contributed by atoms with Crippen LogP contribution in [0.15, 0.2) is 24.4 Å². The van der Waals surface area contributed by atoms with Crippen LogP contribution in [-0.4, -0.2) is 35.3 Å². The molecular weight excluding hydrogens is 279 g/mol. The van der Waals surface area contributed by atoms with Gasteiger partial charge in [0.15, 0.2) is 0 Å². The highest BCUT2D eigenvalue weighted by Crippen LogP contribution is 2.22. The minimum atomic E-state index is -0.404. The van der Waals surface area contributed by atoms with Gasteiger partial charge < -0.3 is 19.9 Å². The first-order valence-electron chi connectivity index (χ1n) is 6.32. The fourth-order valence-corrected chi connectivity index (χ4v) is 1.57. The number of methoxy groups -OCH3 is 1. The van der Waals surface area contributed by atoms with Crippen LogP contribution in [0.2, 0.25) is 0 Å². The highest BCUT2D eigenvalue weighted by Gasteiger charge is 2.05. The summed E-state index contributed by atoms with van der Waals surface area (Å²) >= 11 is 0. The van der Waals surface area contributed by atoms with Crippen LogP contribution in [0.1, 0.15) is 5.69 Å². The van der Waals surface area contributed by atoms with Crippen molar-refractivity contribution < 1.29 is 18.6 Å². The molecule has 0 unspecified atom stereocenters. The van der Waals surface area contributed by atoms with E-state index in [0.29, 0.717) is 24.7 Å². The summed E-state index contributed by atoms with van der Waals surface area (Å²) in [6, 6.07) is 3.96. The van der Waals surface area contributed by atoms with Crippen LogP contribution in [0.5, 0.6) is 5.75 Å². The van der Waals surface area contributed by atoms with Crippen molar-refractivity contribution in [3.8, 4) is 5.75 Å². The number of nitrogens with zero attached hydrogens (tertiary/aromatic N) is 3. The first-order valence-corrected chi connectivity index (χ1v) is 6.32.